The molecule has 0 aliphatic heterocycles. The number of rotatable bonds is 8. The number of thioether (sulfide) groups is 1. The predicted octanol–water partition coefficient (Wildman–Crippen LogP) is 5.48. The summed E-state index contributed by atoms with van der Waals surface area (Å²) in [5, 5.41) is 4.28. The minimum Gasteiger partial charge on any atom is -0.448 e. The molecule has 32 heavy (non-hydrogen) atoms. The molecule has 166 valence electrons. The fourth-order valence-electron chi connectivity index (χ4n) is 3.54. The minimum atomic E-state index is -0.203. The van der Waals surface area contributed by atoms with Crippen molar-refractivity contribution in [2.75, 3.05) is 11.1 Å². The van der Waals surface area contributed by atoms with Crippen LogP contribution in [0.4, 0.5) is 5.69 Å². The van der Waals surface area contributed by atoms with E-state index >= 15 is 0 Å². The molecular formula is C25H27N3O3S. The lowest BCUT2D eigenvalue weighted by molar-refractivity contribution is -0.113. The van der Waals surface area contributed by atoms with Crippen LogP contribution in [0.3, 0.4) is 0 Å². The standard InChI is InChI=1S/C25H27N3O3S/c1-4-17-8-7-9-18(14-17)26-21(29)15-32-25-27-22-19-10-5-6-11-20(19)31-23(22)24(30)28(25)13-12-16(2)3/h5-11,14,16H,4,12-13,15H2,1-3H3,(H,26,29). The highest BCUT2D eigenvalue weighted by Gasteiger charge is 2.18. The molecular weight excluding hydrogens is 422 g/mol. The Morgan fingerprint density at radius 1 is 1.19 bits per heavy atom. The zero-order chi connectivity index (χ0) is 22.7. The molecule has 4 aromatic rings. The van der Waals surface area contributed by atoms with Crippen LogP contribution in [0.2, 0.25) is 0 Å². The number of furan rings is 1. The van der Waals surface area contributed by atoms with Crippen molar-refractivity contribution in [3.63, 3.8) is 0 Å². The molecule has 1 N–H and O–H groups in total. The number of para-hydroxylation sites is 1. The number of aryl methyl sites for hydroxylation is 1. The Balaban J connectivity index is 1.63. The maximum absolute atomic E-state index is 13.3. The van der Waals surface area contributed by atoms with Gasteiger partial charge in [-0.1, -0.05) is 56.8 Å². The number of anilines is 1. The molecule has 0 spiro atoms. The fraction of sp³-hybridized carbons (Fsp3) is 0.320. The van der Waals surface area contributed by atoms with Gasteiger partial charge in [0.15, 0.2) is 5.16 Å². The first kappa shape index (κ1) is 22.1. The van der Waals surface area contributed by atoms with Gasteiger partial charge in [-0.05, 0) is 48.6 Å². The van der Waals surface area contributed by atoms with Gasteiger partial charge in [0, 0.05) is 17.6 Å². The number of nitrogens with zero attached hydrogens (tertiary/aromatic N) is 2. The minimum absolute atomic E-state index is 0.134. The molecule has 2 aromatic carbocycles. The summed E-state index contributed by atoms with van der Waals surface area (Å²) in [4.78, 5) is 30.6. The molecule has 0 aliphatic rings. The summed E-state index contributed by atoms with van der Waals surface area (Å²) in [6.45, 7) is 6.83. The molecule has 0 saturated heterocycles. The molecule has 0 unspecified atom stereocenters. The SMILES string of the molecule is CCc1cccc(NC(=O)CSc2nc3c(oc4ccccc43)c(=O)n2CCC(C)C)c1. The second-order valence-corrected chi connectivity index (χ2v) is 9.14. The van der Waals surface area contributed by atoms with E-state index in [1.54, 1.807) is 4.57 Å². The zero-order valence-electron chi connectivity index (χ0n) is 18.6. The zero-order valence-corrected chi connectivity index (χ0v) is 19.4. The van der Waals surface area contributed by atoms with Gasteiger partial charge in [-0.2, -0.15) is 0 Å². The third-order valence-corrected chi connectivity index (χ3v) is 6.30. The van der Waals surface area contributed by atoms with Gasteiger partial charge in [-0.15, -0.1) is 0 Å². The number of aromatic nitrogens is 2. The van der Waals surface area contributed by atoms with Crippen molar-refractivity contribution in [2.45, 2.75) is 45.3 Å². The Bertz CT molecular complexity index is 1320. The maximum atomic E-state index is 13.3. The van der Waals surface area contributed by atoms with Crippen LogP contribution in [0, 0.1) is 5.92 Å². The monoisotopic (exact) mass is 449 g/mol. The van der Waals surface area contributed by atoms with Gasteiger partial charge in [0.2, 0.25) is 11.5 Å². The van der Waals surface area contributed by atoms with Crippen molar-refractivity contribution >= 4 is 45.4 Å². The molecule has 2 aromatic heterocycles. The quantitative estimate of drug-likeness (QED) is 0.285. The van der Waals surface area contributed by atoms with E-state index in [2.05, 4.69) is 26.1 Å². The largest absolute Gasteiger partial charge is 0.448 e. The van der Waals surface area contributed by atoms with Crippen LogP contribution in [0.5, 0.6) is 0 Å². The van der Waals surface area contributed by atoms with Gasteiger partial charge in [-0.25, -0.2) is 4.98 Å². The van der Waals surface area contributed by atoms with Gasteiger partial charge in [0.1, 0.15) is 11.1 Å². The van der Waals surface area contributed by atoms with Gasteiger partial charge < -0.3 is 9.73 Å². The third kappa shape index (κ3) is 4.72. The molecule has 1 amide bonds. The van der Waals surface area contributed by atoms with Crippen LogP contribution >= 0.6 is 11.8 Å². The van der Waals surface area contributed by atoms with Crippen molar-refractivity contribution in [2.24, 2.45) is 5.92 Å². The number of carbonyl (C=O) groups excluding carboxylic acids is 1. The summed E-state index contributed by atoms with van der Waals surface area (Å²) >= 11 is 1.28. The first-order valence-corrected chi connectivity index (χ1v) is 11.9. The van der Waals surface area contributed by atoms with Crippen LogP contribution in [0.1, 0.15) is 32.8 Å². The summed E-state index contributed by atoms with van der Waals surface area (Å²) in [6, 6.07) is 15.3. The molecule has 0 radical (unpaired) electrons. The van der Waals surface area contributed by atoms with Crippen LogP contribution in [0.25, 0.3) is 22.1 Å². The number of benzene rings is 2. The van der Waals surface area contributed by atoms with E-state index < -0.39 is 0 Å². The summed E-state index contributed by atoms with van der Waals surface area (Å²) in [5.74, 6) is 0.455. The molecule has 4 rings (SSSR count). The van der Waals surface area contributed by atoms with Gasteiger partial charge in [0.05, 0.1) is 5.75 Å². The summed E-state index contributed by atoms with van der Waals surface area (Å²) in [7, 11) is 0. The van der Waals surface area contributed by atoms with Crippen LogP contribution in [-0.2, 0) is 17.8 Å². The van der Waals surface area contributed by atoms with Gasteiger partial charge in [-0.3, -0.25) is 14.2 Å². The van der Waals surface area contributed by atoms with Crippen molar-refractivity contribution < 1.29 is 9.21 Å². The first-order valence-electron chi connectivity index (χ1n) is 10.9. The summed E-state index contributed by atoms with van der Waals surface area (Å²) < 4.78 is 7.47. The Labute approximate surface area is 191 Å². The lowest BCUT2D eigenvalue weighted by atomic mass is 10.1. The molecule has 0 fully saturated rings. The number of hydrogen-bond acceptors (Lipinski definition) is 5. The van der Waals surface area contributed by atoms with Crippen LogP contribution < -0.4 is 10.9 Å². The number of carbonyl (C=O) groups is 1. The van der Waals surface area contributed by atoms with Crippen LogP contribution in [0.15, 0.2) is 62.9 Å². The number of amides is 1. The molecule has 7 heteroatoms. The lowest BCUT2D eigenvalue weighted by Gasteiger charge is -2.13. The van der Waals surface area contributed by atoms with Crippen molar-refractivity contribution in [3.05, 3.63) is 64.4 Å². The summed E-state index contributed by atoms with van der Waals surface area (Å²) in [6.07, 6.45) is 1.74. The van der Waals surface area contributed by atoms with Gasteiger partial charge in [0.25, 0.3) is 5.56 Å². The van der Waals surface area contributed by atoms with E-state index in [1.165, 1.54) is 11.8 Å². The van der Waals surface area contributed by atoms with E-state index in [4.69, 9.17) is 9.40 Å². The smallest absolute Gasteiger partial charge is 0.297 e. The average Bonchev–Trinajstić information content (AvgIpc) is 3.16. The van der Waals surface area contributed by atoms with Crippen LogP contribution in [-0.4, -0.2) is 21.2 Å². The lowest BCUT2D eigenvalue weighted by Crippen LogP contribution is -2.24. The highest BCUT2D eigenvalue weighted by molar-refractivity contribution is 7.99. The molecule has 0 atom stereocenters. The fourth-order valence-corrected chi connectivity index (χ4v) is 4.36. The Hall–Kier alpha value is -3.06. The third-order valence-electron chi connectivity index (χ3n) is 5.33. The topological polar surface area (TPSA) is 77.1 Å². The van der Waals surface area contributed by atoms with E-state index in [9.17, 15) is 9.59 Å². The Morgan fingerprint density at radius 3 is 2.78 bits per heavy atom. The van der Waals surface area contributed by atoms with Gasteiger partial charge >= 0.3 is 0 Å². The number of hydrogen-bond donors (Lipinski definition) is 1. The highest BCUT2D eigenvalue weighted by Crippen LogP contribution is 2.27. The van der Waals surface area contributed by atoms with Crippen molar-refractivity contribution in [3.8, 4) is 0 Å². The summed E-state index contributed by atoms with van der Waals surface area (Å²) in [5.41, 5.74) is 3.18. The normalized spacial score (nSPS) is 11.5. The molecule has 0 bridgehead atoms. The Morgan fingerprint density at radius 2 is 2.00 bits per heavy atom. The molecule has 2 heterocycles. The number of fused-ring (bicyclic) bond motifs is 3. The molecule has 6 nitrogen and oxygen atoms in total. The molecule has 0 saturated carbocycles. The van der Waals surface area contributed by atoms with E-state index in [1.807, 2.05) is 48.5 Å². The van der Waals surface area contributed by atoms with Crippen molar-refractivity contribution in [1.82, 2.24) is 9.55 Å². The van der Waals surface area contributed by atoms with Crippen molar-refractivity contribution in [1.29, 1.82) is 0 Å². The van der Waals surface area contributed by atoms with E-state index in [0.29, 0.717) is 28.7 Å². The molecule has 0 aliphatic carbocycles. The second kappa shape index (κ2) is 9.61. The maximum Gasteiger partial charge on any atom is 0.297 e. The predicted molar refractivity (Wildman–Crippen MR) is 130 cm³/mol. The highest BCUT2D eigenvalue weighted by atomic mass is 32.2. The first-order chi connectivity index (χ1) is 15.5. The van der Waals surface area contributed by atoms with E-state index in [0.717, 1.165) is 29.5 Å². The Kier molecular flexibility index (Phi) is 6.65. The average molecular weight is 450 g/mol. The number of nitrogens with one attached hydrogen (secondary N) is 1. The van der Waals surface area contributed by atoms with E-state index in [-0.39, 0.29) is 22.8 Å². The second-order valence-electron chi connectivity index (χ2n) is 8.20.